The van der Waals surface area contributed by atoms with E-state index in [1.54, 1.807) is 6.92 Å². The zero-order chi connectivity index (χ0) is 15.2. The number of aromatic nitrogens is 1. The van der Waals surface area contributed by atoms with Gasteiger partial charge in [0.15, 0.2) is 5.76 Å². The molecule has 7 nitrogen and oxygen atoms in total. The van der Waals surface area contributed by atoms with E-state index in [1.807, 2.05) is 0 Å². The first-order chi connectivity index (χ1) is 9.88. The van der Waals surface area contributed by atoms with Crippen molar-refractivity contribution >= 4 is 33.0 Å². The van der Waals surface area contributed by atoms with Gasteiger partial charge in [-0.2, -0.15) is 0 Å². The van der Waals surface area contributed by atoms with Crippen LogP contribution in [0.2, 0.25) is 0 Å². The van der Waals surface area contributed by atoms with Gasteiger partial charge in [0.25, 0.3) is 10.0 Å². The van der Waals surface area contributed by atoms with E-state index in [9.17, 15) is 13.2 Å². The molecule has 0 aromatic carbocycles. The van der Waals surface area contributed by atoms with Gasteiger partial charge in [-0.1, -0.05) is 5.16 Å². The summed E-state index contributed by atoms with van der Waals surface area (Å²) in [7, 11) is -3.85. The Kier molecular flexibility index (Phi) is 3.25. The first kappa shape index (κ1) is 14.1. The molecule has 2 aromatic heterocycles. The fourth-order valence-electron chi connectivity index (χ4n) is 1.90. The van der Waals surface area contributed by atoms with Crippen molar-refractivity contribution in [3.63, 3.8) is 0 Å². The SMILES string of the molecule is Cc1noc(C2CC2)c1NS(=O)(=O)c1csc(C(=O)O)c1. The molecule has 2 aromatic rings. The van der Waals surface area contributed by atoms with Crippen molar-refractivity contribution in [1.82, 2.24) is 5.16 Å². The zero-order valence-electron chi connectivity index (χ0n) is 11.0. The molecular formula is C12H12N2O5S2. The molecule has 0 atom stereocenters. The summed E-state index contributed by atoms with van der Waals surface area (Å²) in [5, 5.41) is 14.0. The van der Waals surface area contributed by atoms with E-state index in [0.717, 1.165) is 30.2 Å². The molecule has 2 heterocycles. The van der Waals surface area contributed by atoms with Crippen molar-refractivity contribution < 1.29 is 22.8 Å². The van der Waals surface area contributed by atoms with Crippen molar-refractivity contribution in [2.75, 3.05) is 4.72 Å². The third-order valence-corrected chi connectivity index (χ3v) is 5.57. The lowest BCUT2D eigenvalue weighted by Crippen LogP contribution is -2.13. The molecule has 0 saturated heterocycles. The maximum Gasteiger partial charge on any atom is 0.345 e. The molecule has 0 radical (unpaired) electrons. The number of nitrogens with zero attached hydrogens (tertiary/aromatic N) is 1. The smallest absolute Gasteiger partial charge is 0.345 e. The standard InChI is InChI=1S/C12H12N2O5S2/c1-6-10(11(19-13-6)7-2-3-7)14-21(17,18)8-4-9(12(15)16)20-5-8/h4-5,7,14H,2-3H2,1H3,(H,15,16). The summed E-state index contributed by atoms with van der Waals surface area (Å²) in [5.41, 5.74) is 0.828. The average Bonchev–Trinajstić information content (AvgIpc) is 2.99. The Labute approximate surface area is 124 Å². The number of sulfonamides is 1. The van der Waals surface area contributed by atoms with Crippen LogP contribution in [0.4, 0.5) is 5.69 Å². The summed E-state index contributed by atoms with van der Waals surface area (Å²) in [5.74, 6) is -0.396. The highest BCUT2D eigenvalue weighted by Gasteiger charge is 2.33. The lowest BCUT2D eigenvalue weighted by atomic mass is 10.2. The van der Waals surface area contributed by atoms with Gasteiger partial charge in [-0.15, -0.1) is 11.3 Å². The lowest BCUT2D eigenvalue weighted by Gasteiger charge is -2.06. The summed E-state index contributed by atoms with van der Waals surface area (Å²) in [6, 6.07) is 1.13. The van der Waals surface area contributed by atoms with Gasteiger partial charge in [0.1, 0.15) is 16.3 Å². The molecule has 0 spiro atoms. The summed E-state index contributed by atoms with van der Waals surface area (Å²) in [4.78, 5) is 10.7. The summed E-state index contributed by atoms with van der Waals surface area (Å²) in [6.45, 7) is 1.66. The Bertz CT molecular complexity index is 801. The maximum atomic E-state index is 12.3. The van der Waals surface area contributed by atoms with Crippen LogP contribution in [-0.2, 0) is 10.0 Å². The van der Waals surface area contributed by atoms with Crippen molar-refractivity contribution in [3.8, 4) is 0 Å². The van der Waals surface area contributed by atoms with Crippen LogP contribution in [0.5, 0.6) is 0 Å². The third kappa shape index (κ3) is 2.66. The van der Waals surface area contributed by atoms with Gasteiger partial charge in [-0.25, -0.2) is 13.2 Å². The van der Waals surface area contributed by atoms with Gasteiger partial charge in [0, 0.05) is 11.3 Å². The number of aryl methyl sites for hydroxylation is 1. The van der Waals surface area contributed by atoms with Gasteiger partial charge >= 0.3 is 5.97 Å². The second-order valence-corrected chi connectivity index (χ2v) is 7.43. The fourth-order valence-corrected chi connectivity index (χ4v) is 4.14. The average molecular weight is 328 g/mol. The van der Waals surface area contributed by atoms with Crippen LogP contribution < -0.4 is 4.72 Å². The lowest BCUT2D eigenvalue weighted by molar-refractivity contribution is 0.0702. The monoisotopic (exact) mass is 328 g/mol. The van der Waals surface area contributed by atoms with E-state index in [-0.39, 0.29) is 15.7 Å². The summed E-state index contributed by atoms with van der Waals surface area (Å²) < 4.78 is 32.3. The third-order valence-electron chi connectivity index (χ3n) is 3.17. The molecule has 0 unspecified atom stereocenters. The molecule has 0 amide bonds. The Morgan fingerprint density at radius 2 is 2.24 bits per heavy atom. The van der Waals surface area contributed by atoms with Crippen molar-refractivity contribution in [2.24, 2.45) is 0 Å². The molecule has 0 bridgehead atoms. The number of aromatic carboxylic acids is 1. The fraction of sp³-hybridized carbons (Fsp3) is 0.333. The molecule has 0 aliphatic heterocycles. The van der Waals surface area contributed by atoms with Crippen molar-refractivity contribution in [2.45, 2.75) is 30.6 Å². The molecule has 112 valence electrons. The number of anilines is 1. The predicted octanol–water partition coefficient (Wildman–Crippen LogP) is 2.42. The highest BCUT2D eigenvalue weighted by molar-refractivity contribution is 7.92. The molecule has 1 saturated carbocycles. The number of nitrogens with one attached hydrogen (secondary N) is 1. The summed E-state index contributed by atoms with van der Waals surface area (Å²) >= 11 is 0.866. The Morgan fingerprint density at radius 1 is 1.52 bits per heavy atom. The van der Waals surface area contributed by atoms with Crippen LogP contribution in [0.3, 0.4) is 0 Å². The van der Waals surface area contributed by atoms with Gasteiger partial charge in [-0.05, 0) is 25.8 Å². The van der Waals surface area contributed by atoms with E-state index < -0.39 is 16.0 Å². The number of carbonyl (C=O) groups is 1. The number of hydrogen-bond donors (Lipinski definition) is 2. The van der Waals surface area contributed by atoms with E-state index in [2.05, 4.69) is 9.88 Å². The largest absolute Gasteiger partial charge is 0.477 e. The molecule has 1 fully saturated rings. The highest BCUT2D eigenvalue weighted by Crippen LogP contribution is 2.44. The van der Waals surface area contributed by atoms with E-state index >= 15 is 0 Å². The Balaban J connectivity index is 1.92. The van der Waals surface area contributed by atoms with Crippen LogP contribution in [-0.4, -0.2) is 24.7 Å². The minimum absolute atomic E-state index is 0.0279. The number of carboxylic acids is 1. The van der Waals surface area contributed by atoms with Crippen molar-refractivity contribution in [1.29, 1.82) is 0 Å². The Hall–Kier alpha value is -1.87. The normalized spacial score (nSPS) is 15.1. The number of carboxylic acid groups (broad SMARTS) is 1. The molecule has 2 N–H and O–H groups in total. The van der Waals surface area contributed by atoms with Gasteiger partial charge in [-0.3, -0.25) is 4.72 Å². The van der Waals surface area contributed by atoms with Crippen molar-refractivity contribution in [3.05, 3.63) is 27.8 Å². The Morgan fingerprint density at radius 3 is 2.81 bits per heavy atom. The second-order valence-electron chi connectivity index (χ2n) is 4.84. The molecule has 1 aliphatic rings. The maximum absolute atomic E-state index is 12.3. The van der Waals surface area contributed by atoms with Crippen LogP contribution in [0.25, 0.3) is 0 Å². The molecular weight excluding hydrogens is 316 g/mol. The molecule has 21 heavy (non-hydrogen) atoms. The number of thiophene rings is 1. The van der Waals surface area contributed by atoms with E-state index in [0.29, 0.717) is 17.1 Å². The minimum atomic E-state index is -3.85. The van der Waals surface area contributed by atoms with Crippen LogP contribution in [0.1, 0.15) is 39.9 Å². The van der Waals surface area contributed by atoms with Gasteiger partial charge in [0.05, 0.1) is 4.90 Å². The van der Waals surface area contributed by atoms with Crippen LogP contribution in [0.15, 0.2) is 20.9 Å². The quantitative estimate of drug-likeness (QED) is 0.872. The van der Waals surface area contributed by atoms with Crippen LogP contribution in [0, 0.1) is 6.92 Å². The predicted molar refractivity (Wildman–Crippen MR) is 75.3 cm³/mol. The first-order valence-corrected chi connectivity index (χ1v) is 8.55. The molecule has 3 rings (SSSR count). The molecule has 1 aliphatic carbocycles. The van der Waals surface area contributed by atoms with E-state index in [1.165, 1.54) is 5.38 Å². The highest BCUT2D eigenvalue weighted by atomic mass is 32.2. The zero-order valence-corrected chi connectivity index (χ0v) is 12.6. The topological polar surface area (TPSA) is 110 Å². The first-order valence-electron chi connectivity index (χ1n) is 6.19. The second kappa shape index (κ2) is 4.85. The van der Waals surface area contributed by atoms with E-state index in [4.69, 9.17) is 9.63 Å². The van der Waals surface area contributed by atoms with Crippen LogP contribution >= 0.6 is 11.3 Å². The number of hydrogen-bond acceptors (Lipinski definition) is 6. The summed E-state index contributed by atoms with van der Waals surface area (Å²) in [6.07, 6.45) is 1.90. The van der Waals surface area contributed by atoms with Gasteiger partial charge < -0.3 is 9.63 Å². The number of rotatable bonds is 5. The minimum Gasteiger partial charge on any atom is -0.477 e. The van der Waals surface area contributed by atoms with Gasteiger partial charge in [0.2, 0.25) is 0 Å². The molecule has 9 heteroatoms.